The van der Waals surface area contributed by atoms with Crippen LogP contribution in [0.25, 0.3) is 11.3 Å². The molecule has 0 amide bonds. The SMILES string of the molecule is CCOC(=O)c1cn[nH]c1-c1ccccc1OCC. The molecule has 1 N–H and O–H groups in total. The average molecular weight is 260 g/mol. The van der Waals surface area contributed by atoms with Gasteiger partial charge in [0.05, 0.1) is 25.1 Å². The predicted octanol–water partition coefficient (Wildman–Crippen LogP) is 2.65. The highest BCUT2D eigenvalue weighted by atomic mass is 16.5. The second kappa shape index (κ2) is 6.04. The number of para-hydroxylation sites is 1. The molecule has 1 aromatic heterocycles. The number of ether oxygens (including phenoxy) is 2. The summed E-state index contributed by atoms with van der Waals surface area (Å²) in [5.41, 5.74) is 1.82. The van der Waals surface area contributed by atoms with E-state index in [0.29, 0.717) is 30.2 Å². The Morgan fingerprint density at radius 3 is 2.79 bits per heavy atom. The van der Waals surface area contributed by atoms with Gasteiger partial charge in [0.2, 0.25) is 0 Å². The molecule has 5 nitrogen and oxygen atoms in total. The summed E-state index contributed by atoms with van der Waals surface area (Å²) >= 11 is 0. The molecule has 0 aliphatic rings. The fourth-order valence-electron chi connectivity index (χ4n) is 1.81. The maximum atomic E-state index is 11.8. The summed E-state index contributed by atoms with van der Waals surface area (Å²) in [5.74, 6) is 0.317. The van der Waals surface area contributed by atoms with Crippen LogP contribution in [0.3, 0.4) is 0 Å². The lowest BCUT2D eigenvalue weighted by Gasteiger charge is -2.09. The molecule has 19 heavy (non-hydrogen) atoms. The number of hydrogen-bond donors (Lipinski definition) is 1. The first-order valence-electron chi connectivity index (χ1n) is 6.20. The molecular weight excluding hydrogens is 244 g/mol. The summed E-state index contributed by atoms with van der Waals surface area (Å²) in [4.78, 5) is 11.8. The normalized spacial score (nSPS) is 10.2. The maximum Gasteiger partial charge on any atom is 0.341 e. The number of nitrogens with zero attached hydrogens (tertiary/aromatic N) is 1. The maximum absolute atomic E-state index is 11.8. The smallest absolute Gasteiger partial charge is 0.341 e. The van der Waals surface area contributed by atoms with E-state index in [2.05, 4.69) is 10.2 Å². The van der Waals surface area contributed by atoms with Crippen molar-refractivity contribution in [3.63, 3.8) is 0 Å². The van der Waals surface area contributed by atoms with E-state index in [1.54, 1.807) is 6.92 Å². The largest absolute Gasteiger partial charge is 0.493 e. The summed E-state index contributed by atoms with van der Waals surface area (Å²) in [6.07, 6.45) is 1.47. The van der Waals surface area contributed by atoms with Crippen LogP contribution in [0.15, 0.2) is 30.5 Å². The summed E-state index contributed by atoms with van der Waals surface area (Å²) in [6.45, 7) is 4.57. The van der Waals surface area contributed by atoms with Crippen molar-refractivity contribution in [3.05, 3.63) is 36.0 Å². The molecule has 0 spiro atoms. The third-order valence-corrected chi connectivity index (χ3v) is 2.59. The lowest BCUT2D eigenvalue weighted by Crippen LogP contribution is -2.05. The molecule has 0 radical (unpaired) electrons. The Balaban J connectivity index is 2.42. The second-order valence-corrected chi connectivity index (χ2v) is 3.81. The van der Waals surface area contributed by atoms with Crippen LogP contribution < -0.4 is 4.74 Å². The monoisotopic (exact) mass is 260 g/mol. The lowest BCUT2D eigenvalue weighted by molar-refractivity contribution is 0.0527. The van der Waals surface area contributed by atoms with Gasteiger partial charge in [-0.05, 0) is 26.0 Å². The topological polar surface area (TPSA) is 64.2 Å². The Labute approximate surface area is 111 Å². The lowest BCUT2D eigenvalue weighted by atomic mass is 10.1. The van der Waals surface area contributed by atoms with Gasteiger partial charge in [0.1, 0.15) is 11.3 Å². The van der Waals surface area contributed by atoms with E-state index in [4.69, 9.17) is 9.47 Å². The molecule has 0 bridgehead atoms. The number of esters is 1. The fraction of sp³-hybridized carbons (Fsp3) is 0.286. The van der Waals surface area contributed by atoms with Gasteiger partial charge >= 0.3 is 5.97 Å². The molecule has 0 unspecified atom stereocenters. The molecule has 0 atom stereocenters. The summed E-state index contributed by atoms with van der Waals surface area (Å²) < 4.78 is 10.6. The van der Waals surface area contributed by atoms with Crippen LogP contribution in [-0.2, 0) is 4.74 Å². The minimum absolute atomic E-state index is 0.330. The van der Waals surface area contributed by atoms with Gasteiger partial charge < -0.3 is 9.47 Å². The van der Waals surface area contributed by atoms with E-state index < -0.39 is 5.97 Å². The van der Waals surface area contributed by atoms with Crippen LogP contribution >= 0.6 is 0 Å². The zero-order valence-electron chi connectivity index (χ0n) is 11.0. The van der Waals surface area contributed by atoms with Gasteiger partial charge in [-0.2, -0.15) is 5.10 Å². The predicted molar refractivity (Wildman–Crippen MR) is 71.1 cm³/mol. The standard InChI is InChI=1S/C14H16N2O3/c1-3-18-12-8-6-5-7-10(12)13-11(9-15-16-13)14(17)19-4-2/h5-9H,3-4H2,1-2H3,(H,15,16). The van der Waals surface area contributed by atoms with Crippen LogP contribution in [0, 0.1) is 0 Å². The van der Waals surface area contributed by atoms with Gasteiger partial charge in [-0.15, -0.1) is 0 Å². The van der Waals surface area contributed by atoms with Crippen LogP contribution in [0.1, 0.15) is 24.2 Å². The van der Waals surface area contributed by atoms with Crippen molar-refractivity contribution in [2.45, 2.75) is 13.8 Å². The minimum atomic E-state index is -0.391. The number of rotatable bonds is 5. The van der Waals surface area contributed by atoms with Gasteiger partial charge in [-0.1, -0.05) is 12.1 Å². The van der Waals surface area contributed by atoms with Crippen molar-refractivity contribution >= 4 is 5.97 Å². The van der Waals surface area contributed by atoms with Gasteiger partial charge in [-0.25, -0.2) is 4.79 Å². The minimum Gasteiger partial charge on any atom is -0.493 e. The van der Waals surface area contributed by atoms with Gasteiger partial charge in [-0.3, -0.25) is 5.10 Å². The van der Waals surface area contributed by atoms with E-state index in [0.717, 1.165) is 5.56 Å². The average Bonchev–Trinajstić information content (AvgIpc) is 2.89. The van der Waals surface area contributed by atoms with Crippen molar-refractivity contribution in [2.75, 3.05) is 13.2 Å². The molecule has 5 heteroatoms. The number of nitrogens with one attached hydrogen (secondary N) is 1. The first kappa shape index (κ1) is 13.1. The molecule has 0 saturated heterocycles. The van der Waals surface area contributed by atoms with Crippen molar-refractivity contribution in [1.82, 2.24) is 10.2 Å². The molecule has 2 rings (SSSR count). The molecule has 2 aromatic rings. The van der Waals surface area contributed by atoms with E-state index in [-0.39, 0.29) is 0 Å². The van der Waals surface area contributed by atoms with Crippen molar-refractivity contribution in [1.29, 1.82) is 0 Å². The molecule has 1 heterocycles. The van der Waals surface area contributed by atoms with Crippen molar-refractivity contribution < 1.29 is 14.3 Å². The Kier molecular flexibility index (Phi) is 4.18. The first-order valence-corrected chi connectivity index (χ1v) is 6.20. The molecule has 0 fully saturated rings. The third kappa shape index (κ3) is 2.76. The molecular formula is C14H16N2O3. The Bertz CT molecular complexity index is 563. The molecule has 0 saturated carbocycles. The number of hydrogen-bond acceptors (Lipinski definition) is 4. The number of H-pyrrole nitrogens is 1. The van der Waals surface area contributed by atoms with Crippen LogP contribution in [0.4, 0.5) is 0 Å². The number of aromatic amines is 1. The van der Waals surface area contributed by atoms with Gasteiger partial charge in [0.25, 0.3) is 0 Å². The highest BCUT2D eigenvalue weighted by molar-refractivity contribution is 5.96. The van der Waals surface area contributed by atoms with Crippen LogP contribution in [-0.4, -0.2) is 29.4 Å². The zero-order valence-corrected chi connectivity index (χ0v) is 11.0. The number of carbonyl (C=O) groups is 1. The van der Waals surface area contributed by atoms with E-state index >= 15 is 0 Å². The third-order valence-electron chi connectivity index (χ3n) is 2.59. The van der Waals surface area contributed by atoms with Gasteiger partial charge in [0, 0.05) is 5.56 Å². The molecule has 0 aliphatic carbocycles. The Morgan fingerprint density at radius 2 is 2.05 bits per heavy atom. The van der Waals surface area contributed by atoms with Gasteiger partial charge in [0.15, 0.2) is 0 Å². The Hall–Kier alpha value is -2.30. The van der Waals surface area contributed by atoms with Crippen molar-refractivity contribution in [3.8, 4) is 17.0 Å². The van der Waals surface area contributed by atoms with E-state index in [1.807, 2.05) is 31.2 Å². The molecule has 0 aliphatic heterocycles. The van der Waals surface area contributed by atoms with E-state index in [1.165, 1.54) is 6.20 Å². The highest BCUT2D eigenvalue weighted by Gasteiger charge is 2.18. The first-order chi connectivity index (χ1) is 9.27. The number of benzene rings is 1. The summed E-state index contributed by atoms with van der Waals surface area (Å²) in [6, 6.07) is 7.50. The van der Waals surface area contributed by atoms with Crippen LogP contribution in [0.2, 0.25) is 0 Å². The summed E-state index contributed by atoms with van der Waals surface area (Å²) in [5, 5.41) is 6.75. The quantitative estimate of drug-likeness (QED) is 0.839. The number of aromatic nitrogens is 2. The zero-order chi connectivity index (χ0) is 13.7. The second-order valence-electron chi connectivity index (χ2n) is 3.81. The molecule has 1 aromatic carbocycles. The Morgan fingerprint density at radius 1 is 1.26 bits per heavy atom. The van der Waals surface area contributed by atoms with E-state index in [9.17, 15) is 4.79 Å². The molecule has 100 valence electrons. The van der Waals surface area contributed by atoms with Crippen LogP contribution in [0.5, 0.6) is 5.75 Å². The number of carbonyl (C=O) groups excluding carboxylic acids is 1. The summed E-state index contributed by atoms with van der Waals surface area (Å²) in [7, 11) is 0. The highest BCUT2D eigenvalue weighted by Crippen LogP contribution is 2.30. The fourth-order valence-corrected chi connectivity index (χ4v) is 1.81. The van der Waals surface area contributed by atoms with Crippen molar-refractivity contribution in [2.24, 2.45) is 0 Å².